The zero-order valence-electron chi connectivity index (χ0n) is 8.99. The molecule has 0 spiro atoms. The number of halogens is 2. The Morgan fingerprint density at radius 1 is 1.12 bits per heavy atom. The molecule has 4 heteroatoms. The summed E-state index contributed by atoms with van der Waals surface area (Å²) in [6.45, 7) is 0. The van der Waals surface area contributed by atoms with Gasteiger partial charge < -0.3 is 5.73 Å². The third-order valence-electron chi connectivity index (χ3n) is 2.27. The highest BCUT2D eigenvalue weighted by atomic mass is 35.5. The van der Waals surface area contributed by atoms with Gasteiger partial charge in [0, 0.05) is 16.3 Å². The maximum Gasteiger partial charge on any atom is 0.142 e. The minimum Gasteiger partial charge on any atom is -0.399 e. The van der Waals surface area contributed by atoms with Crippen LogP contribution in [-0.2, 0) is 5.75 Å². The predicted molar refractivity (Wildman–Crippen MR) is 71.8 cm³/mol. The maximum absolute atomic E-state index is 13.2. The summed E-state index contributed by atoms with van der Waals surface area (Å²) in [5.41, 5.74) is 7.25. The summed E-state index contributed by atoms with van der Waals surface area (Å²) < 4.78 is 13.2. The Morgan fingerprint density at radius 3 is 2.47 bits per heavy atom. The van der Waals surface area contributed by atoms with Crippen LogP contribution < -0.4 is 5.73 Å². The number of benzene rings is 2. The van der Waals surface area contributed by atoms with Crippen LogP contribution in [0.3, 0.4) is 0 Å². The first-order valence-corrected chi connectivity index (χ1v) is 6.44. The van der Waals surface area contributed by atoms with Gasteiger partial charge in [-0.2, -0.15) is 0 Å². The highest BCUT2D eigenvalue weighted by Crippen LogP contribution is 2.25. The smallest absolute Gasteiger partial charge is 0.142 e. The van der Waals surface area contributed by atoms with Crippen LogP contribution >= 0.6 is 23.4 Å². The van der Waals surface area contributed by atoms with Crippen molar-refractivity contribution in [2.75, 3.05) is 5.73 Å². The Bertz CT molecular complexity index is 513. The molecule has 0 saturated carbocycles. The minimum atomic E-state index is -0.373. The van der Waals surface area contributed by atoms with Gasteiger partial charge in [0.05, 0.1) is 5.02 Å². The van der Waals surface area contributed by atoms with E-state index in [-0.39, 0.29) is 10.8 Å². The highest BCUT2D eigenvalue weighted by molar-refractivity contribution is 7.98. The average Bonchev–Trinajstić information content (AvgIpc) is 2.33. The van der Waals surface area contributed by atoms with Gasteiger partial charge in [0.25, 0.3) is 0 Å². The summed E-state index contributed by atoms with van der Waals surface area (Å²) in [6.07, 6.45) is 0. The fourth-order valence-corrected chi connectivity index (χ4v) is 2.32. The van der Waals surface area contributed by atoms with Crippen molar-refractivity contribution in [2.45, 2.75) is 10.6 Å². The van der Waals surface area contributed by atoms with E-state index in [2.05, 4.69) is 0 Å². The summed E-state index contributed by atoms with van der Waals surface area (Å²) >= 11 is 7.25. The van der Waals surface area contributed by atoms with Gasteiger partial charge >= 0.3 is 0 Å². The van der Waals surface area contributed by atoms with Gasteiger partial charge in [-0.3, -0.25) is 0 Å². The molecule has 0 amide bonds. The van der Waals surface area contributed by atoms with E-state index in [1.165, 1.54) is 6.07 Å². The molecule has 0 heterocycles. The van der Waals surface area contributed by atoms with Gasteiger partial charge in [-0.1, -0.05) is 17.7 Å². The summed E-state index contributed by atoms with van der Waals surface area (Å²) in [4.78, 5) is 1.11. The molecule has 0 aromatic heterocycles. The van der Waals surface area contributed by atoms with E-state index < -0.39 is 0 Å². The van der Waals surface area contributed by atoms with Crippen molar-refractivity contribution in [1.82, 2.24) is 0 Å². The average molecular weight is 268 g/mol. The van der Waals surface area contributed by atoms with Gasteiger partial charge in [0.2, 0.25) is 0 Å². The van der Waals surface area contributed by atoms with E-state index in [1.54, 1.807) is 17.8 Å². The summed E-state index contributed by atoms with van der Waals surface area (Å²) in [6, 6.07) is 12.5. The maximum atomic E-state index is 13.2. The fourth-order valence-electron chi connectivity index (χ4n) is 1.36. The zero-order valence-corrected chi connectivity index (χ0v) is 10.6. The molecule has 0 aliphatic carbocycles. The first-order valence-electron chi connectivity index (χ1n) is 5.07. The third-order valence-corrected chi connectivity index (χ3v) is 3.66. The number of nitrogen functional groups attached to an aromatic ring is 1. The molecule has 0 unspecified atom stereocenters. The van der Waals surface area contributed by atoms with Crippen LogP contribution in [0.25, 0.3) is 0 Å². The lowest BCUT2D eigenvalue weighted by molar-refractivity contribution is 0.627. The molecular formula is C13H11ClFNS. The second kappa shape index (κ2) is 5.43. The van der Waals surface area contributed by atoms with Crippen LogP contribution in [0.2, 0.25) is 5.02 Å². The van der Waals surface area contributed by atoms with Gasteiger partial charge in [0.1, 0.15) is 5.82 Å². The Hall–Kier alpha value is -1.19. The summed E-state index contributed by atoms with van der Waals surface area (Å²) in [5.74, 6) is 0.333. The van der Waals surface area contributed by atoms with Crippen molar-refractivity contribution in [3.05, 3.63) is 58.9 Å². The summed E-state index contributed by atoms with van der Waals surface area (Å²) in [7, 11) is 0. The van der Waals surface area contributed by atoms with Crippen molar-refractivity contribution >= 4 is 29.1 Å². The van der Waals surface area contributed by atoms with E-state index >= 15 is 0 Å². The van der Waals surface area contributed by atoms with Gasteiger partial charge in [-0.15, -0.1) is 11.8 Å². The van der Waals surface area contributed by atoms with Gasteiger partial charge in [0.15, 0.2) is 0 Å². The molecule has 0 fully saturated rings. The second-order valence-electron chi connectivity index (χ2n) is 3.61. The topological polar surface area (TPSA) is 26.0 Å². The van der Waals surface area contributed by atoms with Crippen LogP contribution in [0.4, 0.5) is 10.1 Å². The van der Waals surface area contributed by atoms with E-state index in [1.807, 2.05) is 30.3 Å². The number of rotatable bonds is 3. The molecule has 2 rings (SSSR count). The number of anilines is 1. The molecule has 2 aromatic rings. The number of hydrogen-bond donors (Lipinski definition) is 1. The van der Waals surface area contributed by atoms with Crippen LogP contribution in [0.1, 0.15) is 5.56 Å². The summed E-state index contributed by atoms with van der Waals surface area (Å²) in [5, 5.41) is 0.159. The van der Waals surface area contributed by atoms with Crippen molar-refractivity contribution in [1.29, 1.82) is 0 Å². The Morgan fingerprint density at radius 2 is 1.82 bits per heavy atom. The van der Waals surface area contributed by atoms with Crippen molar-refractivity contribution in [3.8, 4) is 0 Å². The van der Waals surface area contributed by atoms with Gasteiger partial charge in [-0.05, 0) is 42.0 Å². The van der Waals surface area contributed by atoms with Crippen molar-refractivity contribution in [2.24, 2.45) is 0 Å². The van der Waals surface area contributed by atoms with E-state index in [9.17, 15) is 4.39 Å². The normalized spacial score (nSPS) is 10.5. The first-order chi connectivity index (χ1) is 8.15. The molecule has 0 bridgehead atoms. The highest BCUT2D eigenvalue weighted by Gasteiger charge is 2.02. The predicted octanol–water partition coefficient (Wildman–Crippen LogP) is 4.35. The first kappa shape index (κ1) is 12.3. The van der Waals surface area contributed by atoms with Crippen molar-refractivity contribution in [3.63, 3.8) is 0 Å². The Kier molecular flexibility index (Phi) is 3.92. The molecule has 0 aliphatic rings. The molecule has 2 aromatic carbocycles. The fraction of sp³-hybridized carbons (Fsp3) is 0.0769. The minimum absolute atomic E-state index is 0.159. The number of nitrogens with two attached hydrogens (primary N) is 1. The molecule has 0 radical (unpaired) electrons. The van der Waals surface area contributed by atoms with Gasteiger partial charge in [-0.25, -0.2) is 4.39 Å². The molecule has 0 atom stereocenters. The zero-order chi connectivity index (χ0) is 12.3. The largest absolute Gasteiger partial charge is 0.399 e. The van der Waals surface area contributed by atoms with E-state index in [4.69, 9.17) is 17.3 Å². The third kappa shape index (κ3) is 3.38. The number of hydrogen-bond acceptors (Lipinski definition) is 2. The van der Waals surface area contributed by atoms with Crippen molar-refractivity contribution < 1.29 is 4.39 Å². The molecule has 88 valence electrons. The standard InChI is InChI=1S/C13H11ClFNS/c14-12-6-1-9(7-13(12)15)8-17-11-4-2-10(16)3-5-11/h1-7H,8,16H2. The second-order valence-corrected chi connectivity index (χ2v) is 5.06. The van der Waals surface area contributed by atoms with Crippen LogP contribution in [-0.4, -0.2) is 0 Å². The molecule has 2 N–H and O–H groups in total. The quantitative estimate of drug-likeness (QED) is 0.661. The number of thioether (sulfide) groups is 1. The van der Waals surface area contributed by atoms with E-state index in [0.29, 0.717) is 5.75 Å². The molecule has 1 nitrogen and oxygen atoms in total. The van der Waals surface area contributed by atoms with E-state index in [0.717, 1.165) is 16.1 Å². The van der Waals surface area contributed by atoms with Crippen LogP contribution in [0.15, 0.2) is 47.4 Å². The lowest BCUT2D eigenvalue weighted by atomic mass is 10.2. The Labute approximate surface area is 109 Å². The molecular weight excluding hydrogens is 257 g/mol. The Balaban J connectivity index is 2.02. The SMILES string of the molecule is Nc1ccc(SCc2ccc(Cl)c(F)c2)cc1. The van der Waals surface area contributed by atoms with Crippen LogP contribution in [0.5, 0.6) is 0 Å². The lowest BCUT2D eigenvalue weighted by Crippen LogP contribution is -1.85. The monoisotopic (exact) mass is 267 g/mol. The molecule has 17 heavy (non-hydrogen) atoms. The molecule has 0 saturated heterocycles. The molecule has 0 aliphatic heterocycles. The van der Waals surface area contributed by atoms with Crippen LogP contribution in [0, 0.1) is 5.82 Å². The lowest BCUT2D eigenvalue weighted by Gasteiger charge is -2.03.